The van der Waals surface area contributed by atoms with Crippen molar-refractivity contribution in [1.29, 1.82) is 0 Å². The zero-order valence-electron chi connectivity index (χ0n) is 14.0. The Morgan fingerprint density at radius 3 is 2.42 bits per heavy atom. The van der Waals surface area contributed by atoms with Crippen LogP contribution in [0.4, 0.5) is 0 Å². The van der Waals surface area contributed by atoms with E-state index in [2.05, 4.69) is 35.1 Å². The number of nitrogens with one attached hydrogen (secondary N) is 2. The van der Waals surface area contributed by atoms with Crippen LogP contribution in [0.1, 0.15) is 26.7 Å². The molecule has 24 heavy (non-hydrogen) atoms. The van der Waals surface area contributed by atoms with Gasteiger partial charge in [-0.3, -0.25) is 15.0 Å². The summed E-state index contributed by atoms with van der Waals surface area (Å²) in [6.45, 7) is 4.37. The summed E-state index contributed by atoms with van der Waals surface area (Å²) in [6.07, 6.45) is 0.310. The molecule has 2 saturated carbocycles. The molecule has 4 aliphatic carbocycles. The van der Waals surface area contributed by atoms with Gasteiger partial charge in [-0.25, -0.2) is 5.43 Å². The van der Waals surface area contributed by atoms with Crippen LogP contribution < -0.4 is 10.9 Å². The molecule has 0 bridgehead atoms. The van der Waals surface area contributed by atoms with Gasteiger partial charge < -0.3 is 9.84 Å². The molecule has 2 unspecified atom stereocenters. The monoisotopic (exact) mass is 332 g/mol. The van der Waals surface area contributed by atoms with Crippen molar-refractivity contribution in [1.82, 2.24) is 10.9 Å². The fraction of sp³-hybridized carbons (Fsp3) is 0.556. The Balaban J connectivity index is 0.000000231. The van der Waals surface area contributed by atoms with Crippen LogP contribution >= 0.6 is 0 Å². The Morgan fingerprint density at radius 2 is 2.04 bits per heavy atom. The second-order valence-electron chi connectivity index (χ2n) is 6.53. The quantitative estimate of drug-likeness (QED) is 0.436. The molecule has 0 heterocycles. The van der Waals surface area contributed by atoms with Crippen LogP contribution in [0.2, 0.25) is 0 Å². The number of hydrazine groups is 1. The molecule has 0 radical (unpaired) electrons. The molecule has 6 heteroatoms. The minimum atomic E-state index is -1.21. The van der Waals surface area contributed by atoms with Crippen LogP contribution in [0.5, 0.6) is 0 Å². The van der Waals surface area contributed by atoms with Crippen LogP contribution in [0.3, 0.4) is 0 Å². The topological polar surface area (TPSA) is 87.7 Å². The van der Waals surface area contributed by atoms with E-state index in [9.17, 15) is 14.7 Å². The average molecular weight is 332 g/mol. The minimum absolute atomic E-state index is 0.0711. The lowest BCUT2D eigenvalue weighted by molar-refractivity contribution is -0.163. The van der Waals surface area contributed by atoms with Crippen molar-refractivity contribution in [3.8, 4) is 11.1 Å². The molecule has 3 N–H and O–H groups in total. The Labute approximate surface area is 141 Å². The van der Waals surface area contributed by atoms with Crippen molar-refractivity contribution in [3.05, 3.63) is 24.3 Å². The second kappa shape index (κ2) is 6.53. The molecule has 4 aliphatic rings. The van der Waals surface area contributed by atoms with Gasteiger partial charge in [-0.1, -0.05) is 25.1 Å². The highest BCUT2D eigenvalue weighted by Gasteiger charge is 2.70. The molecule has 0 aromatic carbocycles. The number of hydrogen-bond donors (Lipinski definition) is 3. The van der Waals surface area contributed by atoms with E-state index >= 15 is 0 Å². The Hall–Kier alpha value is -1.92. The maximum Gasteiger partial charge on any atom is 0.322 e. The van der Waals surface area contributed by atoms with Crippen LogP contribution in [0.25, 0.3) is 11.1 Å². The Kier molecular flexibility index (Phi) is 4.60. The third-order valence-corrected chi connectivity index (χ3v) is 5.03. The number of ether oxygens (including phenoxy) is 1. The fourth-order valence-electron chi connectivity index (χ4n) is 3.64. The van der Waals surface area contributed by atoms with E-state index in [1.54, 1.807) is 6.92 Å². The molecule has 0 spiro atoms. The molecule has 130 valence electrons. The van der Waals surface area contributed by atoms with Crippen LogP contribution in [-0.4, -0.2) is 36.2 Å². The van der Waals surface area contributed by atoms with Gasteiger partial charge in [0.1, 0.15) is 0 Å². The van der Waals surface area contributed by atoms with Gasteiger partial charge in [0, 0.05) is 6.54 Å². The van der Waals surface area contributed by atoms with Gasteiger partial charge in [-0.05, 0) is 48.8 Å². The zero-order chi connectivity index (χ0) is 17.3. The van der Waals surface area contributed by atoms with Gasteiger partial charge in [0.2, 0.25) is 0 Å². The van der Waals surface area contributed by atoms with Gasteiger partial charge in [0.25, 0.3) is 5.91 Å². The number of rotatable bonds is 5. The van der Waals surface area contributed by atoms with Gasteiger partial charge in [-0.2, -0.15) is 0 Å². The molecule has 1 amide bonds. The summed E-state index contributed by atoms with van der Waals surface area (Å²) in [5, 5.41) is 9.86. The molecule has 0 aliphatic heterocycles. The summed E-state index contributed by atoms with van der Waals surface area (Å²) < 4.78 is 5.04. The molecule has 6 nitrogen and oxygen atoms in total. The molecule has 2 fully saturated rings. The molecule has 4 rings (SSSR count). The van der Waals surface area contributed by atoms with E-state index in [-0.39, 0.29) is 30.8 Å². The lowest BCUT2D eigenvalue weighted by Crippen LogP contribution is -2.52. The summed E-state index contributed by atoms with van der Waals surface area (Å²) in [7, 11) is 0. The summed E-state index contributed by atoms with van der Waals surface area (Å²) >= 11 is 0. The number of carbonyl (C=O) groups excluding carboxylic acids is 2. The fourth-order valence-corrected chi connectivity index (χ4v) is 3.64. The first-order valence-corrected chi connectivity index (χ1v) is 8.53. The SMILES string of the molecule is CCNNC(=O)[C@]1(C(=O)OCC)C[C@H](O)C2CC21.c1cc2cc-2c1. The predicted molar refractivity (Wildman–Crippen MR) is 88.5 cm³/mol. The summed E-state index contributed by atoms with van der Waals surface area (Å²) in [4.78, 5) is 24.4. The van der Waals surface area contributed by atoms with Crippen LogP contribution in [0, 0.1) is 17.3 Å². The van der Waals surface area contributed by atoms with Gasteiger partial charge >= 0.3 is 5.97 Å². The lowest BCUT2D eigenvalue weighted by atomic mass is 9.81. The summed E-state index contributed by atoms with van der Waals surface area (Å²) in [5.41, 5.74) is 6.89. The standard InChI is InChI=1S/C12H20N2O4.C6H4/c1-3-13-14-10(16)12(11(17)18-4-2)6-9(15)7-5-8(7)12;1-2-5-4-6(5)3-1/h7-9,13,15H,3-6H2,1-2H3,(H,14,16);1-4H/t7?,8?,9-,12-;/m0./s1. The van der Waals surface area contributed by atoms with Crippen LogP contribution in [-0.2, 0) is 14.3 Å². The molecular weight excluding hydrogens is 308 g/mol. The molecule has 0 aromatic heterocycles. The molecular formula is C18H24N2O4. The van der Waals surface area contributed by atoms with E-state index in [1.807, 2.05) is 6.92 Å². The van der Waals surface area contributed by atoms with Crippen LogP contribution in [0.15, 0.2) is 24.3 Å². The van der Waals surface area contributed by atoms with E-state index in [0.29, 0.717) is 6.54 Å². The first-order chi connectivity index (χ1) is 11.5. The van der Waals surface area contributed by atoms with Gasteiger partial charge in [-0.15, -0.1) is 0 Å². The number of hydrogen-bond acceptors (Lipinski definition) is 5. The smallest absolute Gasteiger partial charge is 0.322 e. The summed E-state index contributed by atoms with van der Waals surface area (Å²) in [6, 6.07) is 8.48. The largest absolute Gasteiger partial charge is 0.465 e. The number of aliphatic hydroxyl groups excluding tert-OH is 1. The van der Waals surface area contributed by atoms with Gasteiger partial charge in [0.15, 0.2) is 5.41 Å². The first-order valence-electron chi connectivity index (χ1n) is 8.53. The number of aliphatic hydroxyl groups is 1. The maximum absolute atomic E-state index is 12.2. The van der Waals surface area contributed by atoms with Crippen molar-refractivity contribution >= 4 is 11.9 Å². The minimum Gasteiger partial charge on any atom is -0.465 e. The van der Waals surface area contributed by atoms with E-state index < -0.39 is 17.5 Å². The van der Waals surface area contributed by atoms with Crippen molar-refractivity contribution in [2.24, 2.45) is 17.3 Å². The Bertz CT molecular complexity index is 630. The van der Waals surface area contributed by atoms with E-state index in [4.69, 9.17) is 4.74 Å². The van der Waals surface area contributed by atoms with Crippen molar-refractivity contribution < 1.29 is 19.4 Å². The van der Waals surface area contributed by atoms with E-state index in [0.717, 1.165) is 6.42 Å². The predicted octanol–water partition coefficient (Wildman–Crippen LogP) is 1.24. The van der Waals surface area contributed by atoms with Gasteiger partial charge in [0.05, 0.1) is 12.7 Å². The number of benzene rings is 1. The second-order valence-corrected chi connectivity index (χ2v) is 6.53. The third kappa shape index (κ3) is 2.91. The van der Waals surface area contributed by atoms with Crippen molar-refractivity contribution in [2.75, 3.05) is 13.2 Å². The van der Waals surface area contributed by atoms with E-state index in [1.165, 1.54) is 11.1 Å². The zero-order valence-corrected chi connectivity index (χ0v) is 14.0. The summed E-state index contributed by atoms with van der Waals surface area (Å²) in [5.74, 6) is -0.900. The van der Waals surface area contributed by atoms with Crippen molar-refractivity contribution in [3.63, 3.8) is 0 Å². The number of carbonyl (C=O) groups is 2. The average Bonchev–Trinajstić information content (AvgIpc) is 3.47. The lowest BCUT2D eigenvalue weighted by Gasteiger charge is -2.27. The highest BCUT2D eigenvalue weighted by Crippen LogP contribution is 2.62. The molecule has 0 saturated heterocycles. The molecule has 0 aromatic rings. The number of amides is 1. The third-order valence-electron chi connectivity index (χ3n) is 5.03. The highest BCUT2D eigenvalue weighted by atomic mass is 16.5. The normalized spacial score (nSPS) is 30.5. The number of esters is 1. The van der Waals surface area contributed by atoms with Crippen molar-refractivity contribution in [2.45, 2.75) is 32.8 Å². The number of fused-ring (bicyclic) bond motifs is 2. The Morgan fingerprint density at radius 1 is 1.33 bits per heavy atom. The maximum atomic E-state index is 12.2. The highest BCUT2D eigenvalue weighted by molar-refractivity contribution is 6.04. The molecule has 4 atom stereocenters. The first kappa shape index (κ1) is 16.9.